The first-order valence-electron chi connectivity index (χ1n) is 5.88. The van der Waals surface area contributed by atoms with Crippen molar-refractivity contribution < 1.29 is 14.7 Å². The lowest BCUT2D eigenvalue weighted by molar-refractivity contribution is -0.131. The minimum absolute atomic E-state index is 0.0312. The molecule has 0 spiro atoms. The first-order chi connectivity index (χ1) is 8.93. The third-order valence-corrected chi connectivity index (χ3v) is 3.56. The summed E-state index contributed by atoms with van der Waals surface area (Å²) in [5.41, 5.74) is 0.996. The van der Waals surface area contributed by atoms with Crippen molar-refractivity contribution in [3.05, 3.63) is 28.0 Å². The van der Waals surface area contributed by atoms with Crippen LogP contribution in [0, 0.1) is 0 Å². The van der Waals surface area contributed by atoms with Crippen molar-refractivity contribution in [1.82, 2.24) is 9.80 Å². The molecule has 0 fully saturated rings. The van der Waals surface area contributed by atoms with Gasteiger partial charge in [0.15, 0.2) is 0 Å². The molecule has 1 aromatic rings. The van der Waals surface area contributed by atoms with E-state index in [-0.39, 0.29) is 6.03 Å². The fraction of sp³-hybridized carbons (Fsp3) is 0.385. The molecule has 1 N–H and O–H groups in total. The SMILES string of the molecule is CCN(C)C(=O)N(C)Cc1csc(C=CC(=O)O)c1. The summed E-state index contributed by atoms with van der Waals surface area (Å²) in [5, 5.41) is 10.5. The van der Waals surface area contributed by atoms with Crippen LogP contribution in [0.3, 0.4) is 0 Å². The number of carboxylic acid groups (broad SMARTS) is 1. The second kappa shape index (κ2) is 6.94. The van der Waals surface area contributed by atoms with Crippen molar-refractivity contribution in [2.45, 2.75) is 13.5 Å². The molecule has 0 unspecified atom stereocenters. The van der Waals surface area contributed by atoms with Crippen molar-refractivity contribution in [2.75, 3.05) is 20.6 Å². The van der Waals surface area contributed by atoms with E-state index < -0.39 is 5.97 Å². The summed E-state index contributed by atoms with van der Waals surface area (Å²) in [6.07, 6.45) is 2.66. The van der Waals surface area contributed by atoms with Crippen molar-refractivity contribution in [3.8, 4) is 0 Å². The highest BCUT2D eigenvalue weighted by atomic mass is 32.1. The van der Waals surface area contributed by atoms with Gasteiger partial charge >= 0.3 is 12.0 Å². The Morgan fingerprint density at radius 2 is 2.05 bits per heavy atom. The van der Waals surface area contributed by atoms with Crippen LogP contribution in [-0.2, 0) is 11.3 Å². The van der Waals surface area contributed by atoms with Crippen LogP contribution in [0.25, 0.3) is 6.08 Å². The molecule has 2 amide bonds. The van der Waals surface area contributed by atoms with E-state index in [1.54, 1.807) is 30.0 Å². The molecule has 0 atom stereocenters. The van der Waals surface area contributed by atoms with Gasteiger partial charge in [0.25, 0.3) is 0 Å². The number of hydrogen-bond donors (Lipinski definition) is 1. The molecule has 19 heavy (non-hydrogen) atoms. The Balaban J connectivity index is 2.63. The maximum absolute atomic E-state index is 11.9. The summed E-state index contributed by atoms with van der Waals surface area (Å²) in [7, 11) is 3.51. The highest BCUT2D eigenvalue weighted by Crippen LogP contribution is 2.17. The molecule has 0 bridgehead atoms. The van der Waals surface area contributed by atoms with Gasteiger partial charge in [-0.05, 0) is 30.0 Å². The number of aliphatic carboxylic acids is 1. The number of hydrogen-bond acceptors (Lipinski definition) is 3. The summed E-state index contributed by atoms with van der Waals surface area (Å²) < 4.78 is 0. The van der Waals surface area contributed by atoms with Crippen LogP contribution in [-0.4, -0.2) is 47.5 Å². The van der Waals surface area contributed by atoms with Gasteiger partial charge in [0, 0.05) is 38.1 Å². The zero-order chi connectivity index (χ0) is 14.4. The summed E-state index contributed by atoms with van der Waals surface area (Å²) in [6.45, 7) is 3.10. The number of carbonyl (C=O) groups is 2. The second-order valence-electron chi connectivity index (χ2n) is 4.18. The molecular weight excluding hydrogens is 264 g/mol. The Labute approximate surface area is 116 Å². The molecule has 0 aliphatic carbocycles. The quantitative estimate of drug-likeness (QED) is 0.843. The van der Waals surface area contributed by atoms with Crippen molar-refractivity contribution in [2.24, 2.45) is 0 Å². The molecule has 0 saturated carbocycles. The summed E-state index contributed by atoms with van der Waals surface area (Å²) in [6, 6.07) is 1.86. The highest BCUT2D eigenvalue weighted by molar-refractivity contribution is 7.11. The van der Waals surface area contributed by atoms with E-state index in [2.05, 4.69) is 0 Å². The van der Waals surface area contributed by atoms with E-state index in [4.69, 9.17) is 5.11 Å². The summed E-state index contributed by atoms with van der Waals surface area (Å²) >= 11 is 1.46. The van der Waals surface area contributed by atoms with E-state index in [9.17, 15) is 9.59 Å². The maximum Gasteiger partial charge on any atom is 0.328 e. The number of amides is 2. The molecule has 0 aliphatic rings. The third kappa shape index (κ3) is 4.75. The number of carboxylic acids is 1. The van der Waals surface area contributed by atoms with Crippen LogP contribution in [0.1, 0.15) is 17.4 Å². The van der Waals surface area contributed by atoms with Gasteiger partial charge < -0.3 is 14.9 Å². The smallest absolute Gasteiger partial charge is 0.328 e. The van der Waals surface area contributed by atoms with Crippen molar-refractivity contribution >= 4 is 29.4 Å². The van der Waals surface area contributed by atoms with Gasteiger partial charge in [-0.3, -0.25) is 0 Å². The minimum Gasteiger partial charge on any atom is -0.478 e. The van der Waals surface area contributed by atoms with E-state index >= 15 is 0 Å². The molecule has 5 nitrogen and oxygen atoms in total. The predicted molar refractivity (Wildman–Crippen MR) is 76.2 cm³/mol. The van der Waals surface area contributed by atoms with Gasteiger partial charge in [0.05, 0.1) is 0 Å². The third-order valence-electron chi connectivity index (χ3n) is 2.61. The number of carbonyl (C=O) groups excluding carboxylic acids is 1. The van der Waals surface area contributed by atoms with Gasteiger partial charge in [-0.2, -0.15) is 0 Å². The van der Waals surface area contributed by atoms with Crippen LogP contribution < -0.4 is 0 Å². The first-order valence-corrected chi connectivity index (χ1v) is 6.76. The number of rotatable bonds is 5. The highest BCUT2D eigenvalue weighted by Gasteiger charge is 2.13. The number of thiophene rings is 1. The zero-order valence-corrected chi connectivity index (χ0v) is 12.1. The Kier molecular flexibility index (Phi) is 5.57. The van der Waals surface area contributed by atoms with Crippen LogP contribution in [0.4, 0.5) is 4.79 Å². The standard InChI is InChI=1S/C13H18N2O3S/c1-4-14(2)13(18)15(3)8-10-7-11(19-9-10)5-6-12(16)17/h5-7,9H,4,8H2,1-3H3,(H,16,17). The molecular formula is C13H18N2O3S. The van der Waals surface area contributed by atoms with Crippen LogP contribution >= 0.6 is 11.3 Å². The summed E-state index contributed by atoms with van der Waals surface area (Å²) in [4.78, 5) is 26.4. The van der Waals surface area contributed by atoms with Gasteiger partial charge in [0.1, 0.15) is 0 Å². The molecule has 1 rings (SSSR count). The van der Waals surface area contributed by atoms with E-state index in [0.29, 0.717) is 13.1 Å². The Morgan fingerprint density at radius 3 is 2.63 bits per heavy atom. The normalized spacial score (nSPS) is 10.7. The molecule has 1 aromatic heterocycles. The molecule has 0 saturated heterocycles. The largest absolute Gasteiger partial charge is 0.478 e. The predicted octanol–water partition coefficient (Wildman–Crippen LogP) is 2.35. The lowest BCUT2D eigenvalue weighted by Gasteiger charge is -2.23. The molecule has 0 aliphatic heterocycles. The van der Waals surface area contributed by atoms with Gasteiger partial charge in [0.2, 0.25) is 0 Å². The average molecular weight is 282 g/mol. The topological polar surface area (TPSA) is 60.9 Å². The number of urea groups is 1. The Morgan fingerprint density at radius 1 is 1.37 bits per heavy atom. The number of nitrogens with zero attached hydrogens (tertiary/aromatic N) is 2. The monoisotopic (exact) mass is 282 g/mol. The minimum atomic E-state index is -0.966. The Bertz CT molecular complexity index is 482. The molecule has 104 valence electrons. The van der Waals surface area contributed by atoms with Crippen molar-refractivity contribution in [1.29, 1.82) is 0 Å². The van der Waals surface area contributed by atoms with Crippen LogP contribution in [0.2, 0.25) is 0 Å². The summed E-state index contributed by atoms with van der Waals surface area (Å²) in [5.74, 6) is -0.966. The molecule has 6 heteroatoms. The molecule has 1 heterocycles. The van der Waals surface area contributed by atoms with Crippen molar-refractivity contribution in [3.63, 3.8) is 0 Å². The lowest BCUT2D eigenvalue weighted by atomic mass is 10.3. The van der Waals surface area contributed by atoms with E-state index in [0.717, 1.165) is 16.5 Å². The maximum atomic E-state index is 11.9. The van der Waals surface area contributed by atoms with E-state index in [1.165, 1.54) is 11.3 Å². The first kappa shape index (κ1) is 15.2. The second-order valence-corrected chi connectivity index (χ2v) is 5.12. The molecule has 0 radical (unpaired) electrons. The van der Waals surface area contributed by atoms with Gasteiger partial charge in [-0.25, -0.2) is 9.59 Å². The Hall–Kier alpha value is -1.82. The molecule has 0 aromatic carbocycles. The lowest BCUT2D eigenvalue weighted by Crippen LogP contribution is -2.38. The van der Waals surface area contributed by atoms with Crippen LogP contribution in [0.15, 0.2) is 17.5 Å². The van der Waals surface area contributed by atoms with Gasteiger partial charge in [-0.1, -0.05) is 0 Å². The van der Waals surface area contributed by atoms with Gasteiger partial charge in [-0.15, -0.1) is 11.3 Å². The zero-order valence-electron chi connectivity index (χ0n) is 11.3. The fourth-order valence-corrected chi connectivity index (χ4v) is 2.28. The van der Waals surface area contributed by atoms with Crippen LogP contribution in [0.5, 0.6) is 0 Å². The van der Waals surface area contributed by atoms with E-state index in [1.807, 2.05) is 18.4 Å². The average Bonchev–Trinajstić information content (AvgIpc) is 2.82. The fourth-order valence-electron chi connectivity index (χ4n) is 1.49.